The third-order valence-corrected chi connectivity index (χ3v) is 4.12. The van der Waals surface area contributed by atoms with Crippen LogP contribution in [0, 0.1) is 0 Å². The molecule has 0 saturated heterocycles. The Morgan fingerprint density at radius 1 is 1.40 bits per heavy atom. The van der Waals surface area contributed by atoms with Gasteiger partial charge in [0.25, 0.3) is 5.91 Å². The van der Waals surface area contributed by atoms with Gasteiger partial charge in [0.1, 0.15) is 0 Å². The van der Waals surface area contributed by atoms with Crippen molar-refractivity contribution < 1.29 is 14.8 Å². The highest BCUT2D eigenvalue weighted by atomic mass is 32.1. The summed E-state index contributed by atoms with van der Waals surface area (Å²) in [6.45, 7) is 0.279. The van der Waals surface area contributed by atoms with Crippen LogP contribution in [0.1, 0.15) is 35.4 Å². The van der Waals surface area contributed by atoms with E-state index in [0.717, 1.165) is 25.7 Å². The Hall–Kier alpha value is -1.60. The zero-order chi connectivity index (χ0) is 14.4. The number of hydrogen-bond donors (Lipinski definition) is 3. The van der Waals surface area contributed by atoms with Crippen LogP contribution in [0.15, 0.2) is 17.5 Å². The van der Waals surface area contributed by atoms with Gasteiger partial charge in [0, 0.05) is 12.6 Å². The second-order valence-corrected chi connectivity index (χ2v) is 5.73. The number of thiophene rings is 1. The summed E-state index contributed by atoms with van der Waals surface area (Å²) in [6, 6.07) is 3.41. The summed E-state index contributed by atoms with van der Waals surface area (Å²) in [6.07, 6.45) is 4.36. The minimum atomic E-state index is -0.446. The maximum atomic E-state index is 11.7. The zero-order valence-electron chi connectivity index (χ0n) is 11.2. The molecule has 2 rings (SSSR count). The summed E-state index contributed by atoms with van der Waals surface area (Å²) in [5.74, 6) is -0.446. The molecular formula is C13H19N3O3S. The lowest BCUT2D eigenvalue weighted by molar-refractivity contribution is -0.0561. The van der Waals surface area contributed by atoms with Gasteiger partial charge in [-0.15, -0.1) is 11.3 Å². The summed E-state index contributed by atoms with van der Waals surface area (Å²) in [4.78, 5) is 23.8. The van der Waals surface area contributed by atoms with Crippen LogP contribution in [0.2, 0.25) is 0 Å². The normalized spacial score (nSPS) is 15.1. The van der Waals surface area contributed by atoms with Crippen molar-refractivity contribution >= 4 is 23.3 Å². The quantitative estimate of drug-likeness (QED) is 0.573. The monoisotopic (exact) mass is 297 g/mol. The topological polar surface area (TPSA) is 81.7 Å². The highest BCUT2D eigenvalue weighted by Crippen LogP contribution is 2.17. The van der Waals surface area contributed by atoms with E-state index in [1.54, 1.807) is 17.5 Å². The van der Waals surface area contributed by atoms with Gasteiger partial charge in [-0.25, -0.2) is 9.86 Å². The number of hydrogen-bond acceptors (Lipinski definition) is 4. The van der Waals surface area contributed by atoms with E-state index in [4.69, 9.17) is 0 Å². The number of nitrogens with one attached hydrogen (secondary N) is 2. The van der Waals surface area contributed by atoms with Crippen molar-refractivity contribution in [2.75, 3.05) is 13.1 Å². The molecule has 0 radical (unpaired) electrons. The van der Waals surface area contributed by atoms with Crippen LogP contribution in [0.5, 0.6) is 0 Å². The summed E-state index contributed by atoms with van der Waals surface area (Å²) in [5, 5.41) is 17.5. The van der Waals surface area contributed by atoms with Gasteiger partial charge in [0.05, 0.1) is 11.4 Å². The molecule has 0 bridgehead atoms. The number of carbonyl (C=O) groups excluding carboxylic acids is 2. The molecule has 0 spiro atoms. The second kappa shape index (κ2) is 7.25. The van der Waals surface area contributed by atoms with E-state index < -0.39 is 5.91 Å². The van der Waals surface area contributed by atoms with Crippen molar-refractivity contribution in [1.29, 1.82) is 0 Å². The first-order chi connectivity index (χ1) is 9.66. The number of rotatable bonds is 5. The van der Waals surface area contributed by atoms with Gasteiger partial charge in [-0.2, -0.15) is 0 Å². The Morgan fingerprint density at radius 2 is 2.15 bits per heavy atom. The van der Waals surface area contributed by atoms with Crippen molar-refractivity contribution in [3.63, 3.8) is 0 Å². The molecule has 7 heteroatoms. The molecule has 3 N–H and O–H groups in total. The predicted octanol–water partition coefficient (Wildman–Crippen LogP) is 1.82. The zero-order valence-corrected chi connectivity index (χ0v) is 12.0. The summed E-state index contributed by atoms with van der Waals surface area (Å²) >= 11 is 1.27. The number of hydroxylamine groups is 2. The number of amides is 3. The predicted molar refractivity (Wildman–Crippen MR) is 75.9 cm³/mol. The molecule has 6 nitrogen and oxygen atoms in total. The molecule has 1 heterocycles. The molecule has 0 aliphatic heterocycles. The van der Waals surface area contributed by atoms with Gasteiger partial charge in [-0.05, 0) is 24.3 Å². The van der Waals surface area contributed by atoms with Crippen molar-refractivity contribution in [3.8, 4) is 0 Å². The second-order valence-electron chi connectivity index (χ2n) is 4.79. The fourth-order valence-corrected chi connectivity index (χ4v) is 2.88. The maximum absolute atomic E-state index is 11.7. The highest BCUT2D eigenvalue weighted by molar-refractivity contribution is 7.12. The van der Waals surface area contributed by atoms with E-state index >= 15 is 0 Å². The van der Waals surface area contributed by atoms with Gasteiger partial charge in [-0.1, -0.05) is 18.9 Å². The lowest BCUT2D eigenvalue weighted by Crippen LogP contribution is -2.44. The van der Waals surface area contributed by atoms with Crippen molar-refractivity contribution in [2.24, 2.45) is 0 Å². The maximum Gasteiger partial charge on any atom is 0.315 e. The minimum absolute atomic E-state index is 0.0643. The Labute approximate surface area is 121 Å². The Kier molecular flexibility index (Phi) is 5.37. The van der Waals surface area contributed by atoms with E-state index in [2.05, 4.69) is 10.6 Å². The standard InChI is InChI=1S/C13H19N3O3S/c17-12(11-6-3-9-20-11)16(19)8-7-14-13(18)15-10-4-1-2-5-10/h3,6,9-10,19H,1-2,4-5,7-8H2,(H2,14,15,18). The molecule has 1 aromatic rings. The van der Waals surface area contributed by atoms with Crippen molar-refractivity contribution in [2.45, 2.75) is 31.7 Å². The first kappa shape index (κ1) is 14.8. The van der Waals surface area contributed by atoms with Crippen LogP contribution in [-0.4, -0.2) is 41.3 Å². The summed E-state index contributed by atoms with van der Waals surface area (Å²) in [7, 11) is 0. The SMILES string of the molecule is O=C(NCCN(O)C(=O)c1cccs1)NC1CCCC1. The molecule has 1 saturated carbocycles. The lowest BCUT2D eigenvalue weighted by Gasteiger charge is -2.16. The molecule has 1 fully saturated rings. The van der Waals surface area contributed by atoms with Crippen molar-refractivity contribution in [3.05, 3.63) is 22.4 Å². The van der Waals surface area contributed by atoms with Crippen molar-refractivity contribution in [1.82, 2.24) is 15.7 Å². The highest BCUT2D eigenvalue weighted by Gasteiger charge is 2.17. The van der Waals surface area contributed by atoms with E-state index in [9.17, 15) is 14.8 Å². The molecule has 3 amide bonds. The van der Waals surface area contributed by atoms with E-state index in [1.807, 2.05) is 0 Å². The first-order valence-corrected chi connectivity index (χ1v) is 7.63. The van der Waals surface area contributed by atoms with E-state index in [0.29, 0.717) is 9.94 Å². The van der Waals surface area contributed by atoms with Gasteiger partial charge in [0.15, 0.2) is 0 Å². The molecule has 20 heavy (non-hydrogen) atoms. The molecule has 1 aliphatic carbocycles. The average molecular weight is 297 g/mol. The van der Waals surface area contributed by atoms with Gasteiger partial charge in [-0.3, -0.25) is 10.0 Å². The van der Waals surface area contributed by atoms with Gasteiger partial charge in [0.2, 0.25) is 0 Å². The molecule has 1 aromatic heterocycles. The number of carbonyl (C=O) groups is 2. The van der Waals surface area contributed by atoms with Crippen LogP contribution in [0.3, 0.4) is 0 Å². The van der Waals surface area contributed by atoms with Gasteiger partial charge >= 0.3 is 6.03 Å². The fourth-order valence-electron chi connectivity index (χ4n) is 2.21. The molecule has 0 aromatic carbocycles. The number of urea groups is 1. The van der Waals surface area contributed by atoms with Crippen LogP contribution < -0.4 is 10.6 Å². The average Bonchev–Trinajstić information content (AvgIpc) is 3.10. The molecule has 110 valence electrons. The van der Waals surface area contributed by atoms with Crippen LogP contribution in [-0.2, 0) is 0 Å². The summed E-state index contributed by atoms with van der Waals surface area (Å²) < 4.78 is 0. The number of nitrogens with zero attached hydrogens (tertiary/aromatic N) is 1. The molecule has 1 aliphatic rings. The Balaban J connectivity index is 1.64. The van der Waals surface area contributed by atoms with E-state index in [-0.39, 0.29) is 25.2 Å². The first-order valence-electron chi connectivity index (χ1n) is 6.75. The van der Waals surface area contributed by atoms with E-state index in [1.165, 1.54) is 11.3 Å². The molecule has 0 atom stereocenters. The third kappa shape index (κ3) is 4.21. The Bertz CT molecular complexity index is 444. The molecular weight excluding hydrogens is 278 g/mol. The molecule has 0 unspecified atom stereocenters. The van der Waals surface area contributed by atoms with Crippen LogP contribution in [0.25, 0.3) is 0 Å². The fraction of sp³-hybridized carbons (Fsp3) is 0.538. The smallest absolute Gasteiger partial charge is 0.315 e. The van der Waals surface area contributed by atoms with Crippen LogP contribution >= 0.6 is 11.3 Å². The minimum Gasteiger partial charge on any atom is -0.336 e. The summed E-state index contributed by atoms with van der Waals surface area (Å²) in [5.41, 5.74) is 0. The largest absolute Gasteiger partial charge is 0.336 e. The third-order valence-electron chi connectivity index (χ3n) is 3.27. The van der Waals surface area contributed by atoms with Gasteiger partial charge < -0.3 is 10.6 Å². The lowest BCUT2D eigenvalue weighted by atomic mass is 10.2. The van der Waals surface area contributed by atoms with Crippen LogP contribution in [0.4, 0.5) is 4.79 Å². The Morgan fingerprint density at radius 3 is 2.80 bits per heavy atom.